The third kappa shape index (κ3) is 2.40. The fourth-order valence-corrected chi connectivity index (χ4v) is 4.06. The standard InChI is InChI=1S/C18H20N2O3/c21-17(22)15-11-19-12-20(15)14-10-18(8-4-1-5-9-18)23-16-7-3-2-6-13(14)16/h2-3,6-7,11-12,14H,1,4-5,8-10H2,(H,21,22). The average Bonchev–Trinajstić information content (AvgIpc) is 3.04. The molecule has 0 amide bonds. The Bertz CT molecular complexity index is 731. The molecule has 5 nitrogen and oxygen atoms in total. The summed E-state index contributed by atoms with van der Waals surface area (Å²) in [7, 11) is 0. The summed E-state index contributed by atoms with van der Waals surface area (Å²) >= 11 is 0. The minimum atomic E-state index is -0.941. The van der Waals surface area contributed by atoms with Crippen molar-refractivity contribution in [2.75, 3.05) is 0 Å². The third-order valence-corrected chi connectivity index (χ3v) is 5.16. The van der Waals surface area contributed by atoms with Gasteiger partial charge in [0.1, 0.15) is 17.0 Å². The molecule has 1 aromatic carbocycles. The summed E-state index contributed by atoms with van der Waals surface area (Å²) in [4.78, 5) is 15.6. The molecule has 1 saturated carbocycles. The van der Waals surface area contributed by atoms with Crippen molar-refractivity contribution in [3.05, 3.63) is 48.0 Å². The molecule has 0 saturated heterocycles. The molecule has 1 aliphatic carbocycles. The quantitative estimate of drug-likeness (QED) is 0.919. The van der Waals surface area contributed by atoms with E-state index in [4.69, 9.17) is 4.74 Å². The number of carbonyl (C=O) groups is 1. The molecule has 1 aromatic heterocycles. The van der Waals surface area contributed by atoms with Crippen LogP contribution in [0.4, 0.5) is 0 Å². The van der Waals surface area contributed by atoms with Gasteiger partial charge in [0.2, 0.25) is 0 Å². The van der Waals surface area contributed by atoms with Gasteiger partial charge in [-0.05, 0) is 31.7 Å². The van der Waals surface area contributed by atoms with Crippen molar-refractivity contribution >= 4 is 5.97 Å². The second kappa shape index (κ2) is 5.41. The van der Waals surface area contributed by atoms with Crippen LogP contribution in [-0.2, 0) is 0 Å². The molecule has 1 aliphatic heterocycles. The summed E-state index contributed by atoms with van der Waals surface area (Å²) in [5, 5.41) is 9.44. The number of nitrogens with zero attached hydrogens (tertiary/aromatic N) is 2. The first-order valence-corrected chi connectivity index (χ1v) is 8.22. The number of imidazole rings is 1. The number of benzene rings is 1. The minimum Gasteiger partial charge on any atom is -0.487 e. The van der Waals surface area contributed by atoms with Gasteiger partial charge in [0.25, 0.3) is 0 Å². The van der Waals surface area contributed by atoms with Crippen LogP contribution in [0.15, 0.2) is 36.8 Å². The van der Waals surface area contributed by atoms with Gasteiger partial charge in [-0.3, -0.25) is 0 Å². The lowest BCUT2D eigenvalue weighted by molar-refractivity contribution is -0.00258. The number of hydrogen-bond acceptors (Lipinski definition) is 3. The number of aromatic carboxylic acids is 1. The monoisotopic (exact) mass is 312 g/mol. The highest BCUT2D eigenvalue weighted by atomic mass is 16.5. The van der Waals surface area contributed by atoms with E-state index in [-0.39, 0.29) is 17.3 Å². The molecule has 2 aromatic rings. The van der Waals surface area contributed by atoms with Crippen LogP contribution in [0.1, 0.15) is 60.6 Å². The van der Waals surface area contributed by atoms with Gasteiger partial charge in [-0.2, -0.15) is 0 Å². The Morgan fingerprint density at radius 2 is 2.04 bits per heavy atom. The number of aromatic nitrogens is 2. The lowest BCUT2D eigenvalue weighted by Crippen LogP contribution is -2.44. The zero-order valence-electron chi connectivity index (χ0n) is 12.9. The maximum atomic E-state index is 11.5. The topological polar surface area (TPSA) is 64.3 Å². The Hall–Kier alpha value is -2.30. The van der Waals surface area contributed by atoms with E-state index in [2.05, 4.69) is 4.98 Å². The molecule has 120 valence electrons. The molecule has 1 fully saturated rings. The van der Waals surface area contributed by atoms with E-state index in [1.54, 1.807) is 10.9 Å². The zero-order chi connectivity index (χ0) is 15.9. The van der Waals surface area contributed by atoms with Crippen molar-refractivity contribution in [1.82, 2.24) is 9.55 Å². The minimum absolute atomic E-state index is 0.0355. The van der Waals surface area contributed by atoms with Gasteiger partial charge in [0.15, 0.2) is 0 Å². The SMILES string of the molecule is O=C(O)c1cncn1C1CC2(CCCCC2)Oc2ccccc21. The van der Waals surface area contributed by atoms with Crippen molar-refractivity contribution in [1.29, 1.82) is 0 Å². The molecular weight excluding hydrogens is 292 g/mol. The Morgan fingerprint density at radius 3 is 2.83 bits per heavy atom. The Kier molecular flexibility index (Phi) is 3.36. The number of rotatable bonds is 2. The average molecular weight is 312 g/mol. The fourth-order valence-electron chi connectivity index (χ4n) is 4.06. The molecule has 1 atom stereocenters. The zero-order valence-corrected chi connectivity index (χ0v) is 12.9. The first kappa shape index (κ1) is 14.3. The maximum absolute atomic E-state index is 11.5. The van der Waals surface area contributed by atoms with Crippen LogP contribution in [0.25, 0.3) is 0 Å². The largest absolute Gasteiger partial charge is 0.487 e. The Morgan fingerprint density at radius 1 is 1.26 bits per heavy atom. The summed E-state index contributed by atoms with van der Waals surface area (Å²) in [6, 6.07) is 7.94. The van der Waals surface area contributed by atoms with Crippen LogP contribution in [0, 0.1) is 0 Å². The third-order valence-electron chi connectivity index (χ3n) is 5.16. The summed E-state index contributed by atoms with van der Waals surface area (Å²) in [6.45, 7) is 0. The van der Waals surface area contributed by atoms with Gasteiger partial charge >= 0.3 is 5.97 Å². The number of carboxylic acids is 1. The number of para-hydroxylation sites is 1. The van der Waals surface area contributed by atoms with Crippen molar-refractivity contribution in [3.63, 3.8) is 0 Å². The highest BCUT2D eigenvalue weighted by molar-refractivity contribution is 5.85. The lowest BCUT2D eigenvalue weighted by Gasteiger charge is -2.45. The lowest BCUT2D eigenvalue weighted by atomic mass is 9.77. The predicted molar refractivity (Wildman–Crippen MR) is 84.8 cm³/mol. The molecule has 1 N–H and O–H groups in total. The predicted octanol–water partition coefficient (Wildman–Crippen LogP) is 3.66. The van der Waals surface area contributed by atoms with Crippen molar-refractivity contribution in [2.45, 2.75) is 50.2 Å². The molecule has 0 bridgehead atoms. The molecule has 0 radical (unpaired) electrons. The molecule has 4 rings (SSSR count). The fraction of sp³-hybridized carbons (Fsp3) is 0.444. The summed E-state index contributed by atoms with van der Waals surface area (Å²) < 4.78 is 8.20. The first-order chi connectivity index (χ1) is 11.2. The first-order valence-electron chi connectivity index (χ1n) is 8.22. The summed E-state index contributed by atoms with van der Waals surface area (Å²) in [5.41, 5.74) is 1.11. The molecule has 1 spiro atoms. The van der Waals surface area contributed by atoms with E-state index in [0.29, 0.717) is 0 Å². The van der Waals surface area contributed by atoms with E-state index in [1.807, 2.05) is 24.3 Å². The van der Waals surface area contributed by atoms with Gasteiger partial charge in [0.05, 0.1) is 18.6 Å². The summed E-state index contributed by atoms with van der Waals surface area (Å²) in [5.74, 6) is -0.0557. The second-order valence-corrected chi connectivity index (χ2v) is 6.59. The molecule has 2 aliphatic rings. The Labute approximate surface area is 134 Å². The summed E-state index contributed by atoms with van der Waals surface area (Å²) in [6.07, 6.45) is 9.53. The molecular formula is C18H20N2O3. The van der Waals surface area contributed by atoms with Gasteiger partial charge in [-0.15, -0.1) is 0 Å². The van der Waals surface area contributed by atoms with Crippen LogP contribution >= 0.6 is 0 Å². The smallest absolute Gasteiger partial charge is 0.354 e. The number of fused-ring (bicyclic) bond motifs is 1. The van der Waals surface area contributed by atoms with E-state index in [9.17, 15) is 9.90 Å². The maximum Gasteiger partial charge on any atom is 0.354 e. The highest BCUT2D eigenvalue weighted by Crippen LogP contribution is 2.47. The normalized spacial score (nSPS) is 22.3. The van der Waals surface area contributed by atoms with Crippen LogP contribution < -0.4 is 4.74 Å². The number of ether oxygens (including phenoxy) is 1. The molecule has 1 unspecified atom stereocenters. The van der Waals surface area contributed by atoms with E-state index in [1.165, 1.54) is 25.5 Å². The number of carboxylic acid groups (broad SMARTS) is 1. The molecule has 2 heterocycles. The van der Waals surface area contributed by atoms with Crippen molar-refractivity contribution < 1.29 is 14.6 Å². The molecule has 5 heteroatoms. The van der Waals surface area contributed by atoms with Crippen molar-refractivity contribution in [2.24, 2.45) is 0 Å². The Balaban J connectivity index is 1.81. The highest BCUT2D eigenvalue weighted by Gasteiger charge is 2.42. The van der Waals surface area contributed by atoms with Crippen LogP contribution in [0.5, 0.6) is 5.75 Å². The van der Waals surface area contributed by atoms with Gasteiger partial charge in [0, 0.05) is 12.0 Å². The molecule has 23 heavy (non-hydrogen) atoms. The van der Waals surface area contributed by atoms with Crippen molar-refractivity contribution in [3.8, 4) is 5.75 Å². The van der Waals surface area contributed by atoms with E-state index in [0.717, 1.165) is 30.6 Å². The van der Waals surface area contributed by atoms with Crippen LogP contribution in [0.3, 0.4) is 0 Å². The van der Waals surface area contributed by atoms with Gasteiger partial charge in [-0.25, -0.2) is 9.78 Å². The van der Waals surface area contributed by atoms with Crippen LogP contribution in [-0.4, -0.2) is 26.2 Å². The van der Waals surface area contributed by atoms with Crippen LogP contribution in [0.2, 0.25) is 0 Å². The second-order valence-electron chi connectivity index (χ2n) is 6.59. The van der Waals surface area contributed by atoms with Gasteiger partial charge in [-0.1, -0.05) is 24.6 Å². The van der Waals surface area contributed by atoms with Gasteiger partial charge < -0.3 is 14.4 Å². The van der Waals surface area contributed by atoms with E-state index >= 15 is 0 Å². The number of hydrogen-bond donors (Lipinski definition) is 1. The van der Waals surface area contributed by atoms with E-state index < -0.39 is 5.97 Å².